The third-order valence-electron chi connectivity index (χ3n) is 2.60. The molecule has 1 fully saturated rings. The maximum Gasteiger partial charge on any atom is 0.243 e. The minimum absolute atomic E-state index is 0.0304. The van der Waals surface area contributed by atoms with E-state index in [1.165, 1.54) is 19.3 Å². The van der Waals surface area contributed by atoms with E-state index < -0.39 is 0 Å². The number of allylic oxidation sites excluding steroid dienone is 1. The van der Waals surface area contributed by atoms with Gasteiger partial charge in [0.1, 0.15) is 0 Å². The van der Waals surface area contributed by atoms with Crippen LogP contribution in [0.2, 0.25) is 0 Å². The number of amides is 1. The molecule has 1 amide bonds. The second kappa shape index (κ2) is 4.70. The van der Waals surface area contributed by atoms with E-state index in [4.69, 9.17) is 0 Å². The van der Waals surface area contributed by atoms with Crippen LogP contribution >= 0.6 is 11.8 Å². The third-order valence-corrected chi connectivity index (χ3v) is 4.02. The molecule has 1 N–H and O–H groups in total. The van der Waals surface area contributed by atoms with Gasteiger partial charge >= 0.3 is 0 Å². The maximum atomic E-state index is 11.1. The Bertz CT molecular complexity index is 203. The van der Waals surface area contributed by atoms with Crippen molar-refractivity contribution in [2.45, 2.75) is 30.9 Å². The minimum Gasteiger partial charge on any atom is -0.351 e. The molecule has 0 heterocycles. The Labute approximate surface area is 84.2 Å². The Kier molecular flexibility index (Phi) is 3.85. The van der Waals surface area contributed by atoms with Crippen LogP contribution in [0.15, 0.2) is 12.2 Å². The minimum atomic E-state index is 0.0304. The molecule has 2 nitrogen and oxygen atoms in total. The van der Waals surface area contributed by atoms with Gasteiger partial charge in [-0.25, -0.2) is 0 Å². The van der Waals surface area contributed by atoms with Gasteiger partial charge in [0.15, 0.2) is 0 Å². The van der Waals surface area contributed by atoms with Crippen molar-refractivity contribution in [2.75, 3.05) is 12.8 Å². The lowest BCUT2D eigenvalue weighted by molar-refractivity contribution is -0.116. The molecule has 0 aliphatic heterocycles. The fourth-order valence-corrected chi connectivity index (χ4v) is 2.40. The number of hydrogen-bond donors (Lipinski definition) is 1. The van der Waals surface area contributed by atoms with Crippen molar-refractivity contribution in [2.24, 2.45) is 0 Å². The van der Waals surface area contributed by atoms with Crippen molar-refractivity contribution in [3.05, 3.63) is 12.2 Å². The van der Waals surface area contributed by atoms with Crippen molar-refractivity contribution in [3.8, 4) is 0 Å². The molecule has 1 rings (SSSR count). The Balaban J connectivity index is 2.28. The van der Waals surface area contributed by atoms with Crippen LogP contribution < -0.4 is 5.32 Å². The topological polar surface area (TPSA) is 29.1 Å². The molecule has 0 unspecified atom stereocenters. The van der Waals surface area contributed by atoms with Crippen LogP contribution in [0.25, 0.3) is 0 Å². The van der Waals surface area contributed by atoms with Crippen molar-refractivity contribution in [3.63, 3.8) is 0 Å². The molecule has 0 radical (unpaired) electrons. The van der Waals surface area contributed by atoms with Crippen molar-refractivity contribution in [1.82, 2.24) is 5.32 Å². The Morgan fingerprint density at radius 2 is 2.31 bits per heavy atom. The van der Waals surface area contributed by atoms with Crippen molar-refractivity contribution < 1.29 is 4.79 Å². The SMILES string of the molecule is C/C=C/C(=O)NCC1(SC)CCC1. The van der Waals surface area contributed by atoms with E-state index >= 15 is 0 Å². The summed E-state index contributed by atoms with van der Waals surface area (Å²) in [5.41, 5.74) is 0. The zero-order chi connectivity index (χ0) is 9.73. The van der Waals surface area contributed by atoms with E-state index in [0.717, 1.165) is 6.54 Å². The highest BCUT2D eigenvalue weighted by molar-refractivity contribution is 8.00. The lowest BCUT2D eigenvalue weighted by Gasteiger charge is -2.40. The first-order valence-corrected chi connectivity index (χ1v) is 5.90. The highest BCUT2D eigenvalue weighted by Crippen LogP contribution is 2.42. The van der Waals surface area contributed by atoms with E-state index in [-0.39, 0.29) is 5.91 Å². The van der Waals surface area contributed by atoms with Gasteiger partial charge in [0.25, 0.3) is 0 Å². The van der Waals surface area contributed by atoms with E-state index in [9.17, 15) is 4.79 Å². The highest BCUT2D eigenvalue weighted by atomic mass is 32.2. The van der Waals surface area contributed by atoms with Gasteiger partial charge in [-0.15, -0.1) is 0 Å². The summed E-state index contributed by atoms with van der Waals surface area (Å²) in [7, 11) is 0. The average molecular weight is 199 g/mol. The summed E-state index contributed by atoms with van der Waals surface area (Å²) in [5, 5.41) is 2.93. The first-order chi connectivity index (χ1) is 6.22. The van der Waals surface area contributed by atoms with Crippen LogP contribution in [0.1, 0.15) is 26.2 Å². The summed E-state index contributed by atoms with van der Waals surface area (Å²) in [4.78, 5) is 11.1. The van der Waals surface area contributed by atoms with Crippen molar-refractivity contribution in [1.29, 1.82) is 0 Å². The third kappa shape index (κ3) is 2.76. The molecule has 0 bridgehead atoms. The monoisotopic (exact) mass is 199 g/mol. The molecule has 1 aliphatic carbocycles. The molecule has 3 heteroatoms. The van der Waals surface area contributed by atoms with Gasteiger partial charge in [-0.2, -0.15) is 11.8 Å². The largest absolute Gasteiger partial charge is 0.351 e. The lowest BCUT2D eigenvalue weighted by atomic mass is 9.84. The Hall–Kier alpha value is -0.440. The standard InChI is InChI=1S/C10H17NOS/c1-3-5-9(12)11-8-10(13-2)6-4-7-10/h3,5H,4,6-8H2,1-2H3,(H,11,12)/b5-3+. The van der Waals surface area contributed by atoms with Gasteiger partial charge in [0, 0.05) is 11.3 Å². The summed E-state index contributed by atoms with van der Waals surface area (Å²) >= 11 is 1.88. The van der Waals surface area contributed by atoms with Crippen LogP contribution in [0.3, 0.4) is 0 Å². The molecule has 0 aromatic carbocycles. The predicted molar refractivity (Wildman–Crippen MR) is 57.9 cm³/mol. The molecule has 0 saturated heterocycles. The molecule has 1 aliphatic rings. The first-order valence-electron chi connectivity index (χ1n) is 4.68. The first kappa shape index (κ1) is 10.6. The Morgan fingerprint density at radius 1 is 1.62 bits per heavy atom. The molecule has 74 valence electrons. The summed E-state index contributed by atoms with van der Waals surface area (Å²) < 4.78 is 0.344. The van der Waals surface area contributed by atoms with E-state index in [1.807, 2.05) is 18.7 Å². The van der Waals surface area contributed by atoms with Crippen molar-refractivity contribution >= 4 is 17.7 Å². The van der Waals surface area contributed by atoms with Gasteiger partial charge in [0.2, 0.25) is 5.91 Å². The lowest BCUT2D eigenvalue weighted by Crippen LogP contribution is -2.44. The predicted octanol–water partition coefficient (Wildman–Crippen LogP) is 1.96. The number of nitrogens with one attached hydrogen (secondary N) is 1. The van der Waals surface area contributed by atoms with Crippen LogP contribution in [0.4, 0.5) is 0 Å². The summed E-state index contributed by atoms with van der Waals surface area (Å²) in [6, 6.07) is 0. The van der Waals surface area contributed by atoms with Gasteiger partial charge in [-0.05, 0) is 32.1 Å². The molecule has 13 heavy (non-hydrogen) atoms. The second-order valence-electron chi connectivity index (χ2n) is 3.46. The van der Waals surface area contributed by atoms with Gasteiger partial charge < -0.3 is 5.32 Å². The van der Waals surface area contributed by atoms with E-state index in [2.05, 4.69) is 11.6 Å². The number of carbonyl (C=O) groups excluding carboxylic acids is 1. The highest BCUT2D eigenvalue weighted by Gasteiger charge is 2.35. The number of hydrogen-bond acceptors (Lipinski definition) is 2. The van der Waals surface area contributed by atoms with Crippen LogP contribution in [-0.2, 0) is 4.79 Å². The van der Waals surface area contributed by atoms with Crippen LogP contribution in [0, 0.1) is 0 Å². The molecule has 0 aromatic rings. The smallest absolute Gasteiger partial charge is 0.243 e. The summed E-state index contributed by atoms with van der Waals surface area (Å²) in [6.45, 7) is 2.67. The molecule has 0 spiro atoms. The number of rotatable bonds is 4. The van der Waals surface area contributed by atoms with Gasteiger partial charge in [0.05, 0.1) is 0 Å². The molecular formula is C10H17NOS. The molecule has 0 atom stereocenters. The molecule has 1 saturated carbocycles. The van der Waals surface area contributed by atoms with E-state index in [1.54, 1.807) is 12.2 Å². The zero-order valence-corrected chi connectivity index (χ0v) is 9.12. The van der Waals surface area contributed by atoms with Crippen LogP contribution in [-0.4, -0.2) is 23.5 Å². The fraction of sp³-hybridized carbons (Fsp3) is 0.700. The quantitative estimate of drug-likeness (QED) is 0.701. The van der Waals surface area contributed by atoms with Crippen LogP contribution in [0.5, 0.6) is 0 Å². The molecule has 0 aromatic heterocycles. The Morgan fingerprint density at radius 3 is 2.69 bits per heavy atom. The normalized spacial score (nSPS) is 19.8. The second-order valence-corrected chi connectivity index (χ2v) is 4.73. The summed E-state index contributed by atoms with van der Waals surface area (Å²) in [5.74, 6) is 0.0304. The van der Waals surface area contributed by atoms with Gasteiger partial charge in [-0.1, -0.05) is 12.5 Å². The fourth-order valence-electron chi connectivity index (χ4n) is 1.48. The maximum absolute atomic E-state index is 11.1. The number of thioether (sulfide) groups is 1. The average Bonchev–Trinajstić information content (AvgIpc) is 2.04. The summed E-state index contributed by atoms with van der Waals surface area (Å²) in [6.07, 6.45) is 9.25. The molecular weight excluding hydrogens is 182 g/mol. The number of carbonyl (C=O) groups is 1. The zero-order valence-electron chi connectivity index (χ0n) is 8.30. The van der Waals surface area contributed by atoms with Gasteiger partial charge in [-0.3, -0.25) is 4.79 Å². The van der Waals surface area contributed by atoms with E-state index in [0.29, 0.717) is 4.75 Å².